The third-order valence-electron chi connectivity index (χ3n) is 2.26. The molecule has 0 atom stereocenters. The van der Waals surface area contributed by atoms with E-state index in [1.165, 1.54) is 0 Å². The van der Waals surface area contributed by atoms with Gasteiger partial charge in [0.05, 0.1) is 12.7 Å². The van der Waals surface area contributed by atoms with Gasteiger partial charge in [-0.2, -0.15) is 0 Å². The third kappa shape index (κ3) is 2.49. The average Bonchev–Trinajstić information content (AvgIpc) is 2.22. The largest absolute Gasteiger partial charge is 0.496 e. The van der Waals surface area contributed by atoms with Gasteiger partial charge in [-0.25, -0.2) is 4.79 Å². The van der Waals surface area contributed by atoms with Gasteiger partial charge in [-0.3, -0.25) is 0 Å². The van der Waals surface area contributed by atoms with Gasteiger partial charge >= 0.3 is 5.63 Å². The SMILES string of the molecule is CCC=C(C)c1cc(OC)c(C)c(=O)o1. The molecule has 0 unspecified atom stereocenters. The summed E-state index contributed by atoms with van der Waals surface area (Å²) >= 11 is 0. The Bertz CT molecular complexity index is 427. The third-order valence-corrected chi connectivity index (χ3v) is 2.26. The maximum Gasteiger partial charge on any atom is 0.342 e. The second-order valence-corrected chi connectivity index (χ2v) is 3.39. The van der Waals surface area contributed by atoms with Gasteiger partial charge in [0.15, 0.2) is 0 Å². The molecule has 0 aliphatic carbocycles. The van der Waals surface area contributed by atoms with Crippen LogP contribution in [-0.4, -0.2) is 7.11 Å². The number of hydrogen-bond donors (Lipinski definition) is 0. The number of rotatable bonds is 3. The Hall–Kier alpha value is -1.51. The maximum absolute atomic E-state index is 11.5. The summed E-state index contributed by atoms with van der Waals surface area (Å²) in [4.78, 5) is 11.5. The van der Waals surface area contributed by atoms with Crippen LogP contribution in [0.15, 0.2) is 21.4 Å². The quantitative estimate of drug-likeness (QED) is 0.766. The molecule has 1 aromatic heterocycles. The zero-order chi connectivity index (χ0) is 11.4. The van der Waals surface area contributed by atoms with E-state index in [-0.39, 0.29) is 5.63 Å². The van der Waals surface area contributed by atoms with Crippen molar-refractivity contribution in [2.75, 3.05) is 7.11 Å². The first-order valence-corrected chi connectivity index (χ1v) is 4.96. The lowest BCUT2D eigenvalue weighted by molar-refractivity contribution is 0.395. The Morgan fingerprint density at radius 1 is 1.60 bits per heavy atom. The summed E-state index contributed by atoms with van der Waals surface area (Å²) < 4.78 is 10.3. The molecule has 0 saturated heterocycles. The summed E-state index contributed by atoms with van der Waals surface area (Å²) in [6.45, 7) is 5.64. The highest BCUT2D eigenvalue weighted by atomic mass is 16.5. The van der Waals surface area contributed by atoms with Crippen molar-refractivity contribution in [1.82, 2.24) is 0 Å². The van der Waals surface area contributed by atoms with E-state index in [0.717, 1.165) is 12.0 Å². The van der Waals surface area contributed by atoms with Gasteiger partial charge in [0.25, 0.3) is 0 Å². The summed E-state index contributed by atoms with van der Waals surface area (Å²) in [5, 5.41) is 0. The molecule has 0 aliphatic rings. The first-order valence-electron chi connectivity index (χ1n) is 4.96. The van der Waals surface area contributed by atoms with E-state index in [2.05, 4.69) is 0 Å². The van der Waals surface area contributed by atoms with Crippen molar-refractivity contribution in [2.45, 2.75) is 27.2 Å². The van der Waals surface area contributed by atoms with Crippen LogP contribution in [0.3, 0.4) is 0 Å². The van der Waals surface area contributed by atoms with Crippen LogP contribution in [0, 0.1) is 6.92 Å². The van der Waals surface area contributed by atoms with Gasteiger partial charge in [0, 0.05) is 6.07 Å². The molecule has 0 aromatic carbocycles. The van der Waals surface area contributed by atoms with E-state index in [1.807, 2.05) is 19.9 Å². The van der Waals surface area contributed by atoms with E-state index in [1.54, 1.807) is 20.1 Å². The van der Waals surface area contributed by atoms with Crippen molar-refractivity contribution >= 4 is 5.57 Å². The normalized spacial score (nSPS) is 11.6. The second kappa shape index (κ2) is 4.82. The molecule has 0 amide bonds. The Balaban J connectivity index is 3.29. The van der Waals surface area contributed by atoms with E-state index in [9.17, 15) is 4.79 Å². The molecular weight excluding hydrogens is 192 g/mol. The second-order valence-electron chi connectivity index (χ2n) is 3.39. The fourth-order valence-electron chi connectivity index (χ4n) is 1.35. The molecule has 1 heterocycles. The Labute approximate surface area is 89.4 Å². The van der Waals surface area contributed by atoms with Crippen molar-refractivity contribution in [3.63, 3.8) is 0 Å². The van der Waals surface area contributed by atoms with Gasteiger partial charge in [-0.1, -0.05) is 13.0 Å². The number of hydrogen-bond acceptors (Lipinski definition) is 3. The van der Waals surface area contributed by atoms with E-state index in [4.69, 9.17) is 9.15 Å². The molecule has 82 valence electrons. The Morgan fingerprint density at radius 3 is 2.80 bits per heavy atom. The lowest BCUT2D eigenvalue weighted by atomic mass is 10.1. The van der Waals surface area contributed by atoms with Crippen molar-refractivity contribution < 1.29 is 9.15 Å². The summed E-state index contributed by atoms with van der Waals surface area (Å²) in [5.41, 5.74) is 1.12. The predicted molar refractivity (Wildman–Crippen MR) is 60.2 cm³/mol. The minimum Gasteiger partial charge on any atom is -0.496 e. The highest BCUT2D eigenvalue weighted by Crippen LogP contribution is 2.20. The minimum absolute atomic E-state index is 0.340. The standard InChI is InChI=1S/C12H16O3/c1-5-6-8(2)10-7-11(14-4)9(3)12(13)15-10/h6-7H,5H2,1-4H3. The number of methoxy groups -OCH3 is 1. The molecule has 15 heavy (non-hydrogen) atoms. The van der Waals surface area contributed by atoms with Crippen molar-refractivity contribution in [2.24, 2.45) is 0 Å². The van der Waals surface area contributed by atoms with Crippen LogP contribution in [0.25, 0.3) is 5.57 Å². The van der Waals surface area contributed by atoms with Crippen LogP contribution < -0.4 is 10.4 Å². The lowest BCUT2D eigenvalue weighted by Gasteiger charge is -2.05. The molecule has 0 spiro atoms. The lowest BCUT2D eigenvalue weighted by Crippen LogP contribution is -2.06. The summed E-state index contributed by atoms with van der Waals surface area (Å²) in [6.07, 6.45) is 2.92. The number of ether oxygens (including phenoxy) is 1. The van der Waals surface area contributed by atoms with Crippen molar-refractivity contribution in [1.29, 1.82) is 0 Å². The molecular formula is C12H16O3. The van der Waals surface area contributed by atoms with E-state index >= 15 is 0 Å². The molecule has 0 bridgehead atoms. The van der Waals surface area contributed by atoms with Gasteiger partial charge < -0.3 is 9.15 Å². The van der Waals surface area contributed by atoms with Gasteiger partial charge in [-0.05, 0) is 25.8 Å². The van der Waals surface area contributed by atoms with Gasteiger partial charge in [-0.15, -0.1) is 0 Å². The predicted octanol–water partition coefficient (Wildman–Crippen LogP) is 2.77. The monoisotopic (exact) mass is 208 g/mol. The topological polar surface area (TPSA) is 39.4 Å². The fourth-order valence-corrected chi connectivity index (χ4v) is 1.35. The zero-order valence-electron chi connectivity index (χ0n) is 9.59. The number of allylic oxidation sites excluding steroid dienone is 2. The molecule has 3 heteroatoms. The van der Waals surface area contributed by atoms with Crippen LogP contribution in [0.5, 0.6) is 5.75 Å². The molecule has 0 saturated carbocycles. The molecule has 0 N–H and O–H groups in total. The Morgan fingerprint density at radius 2 is 2.27 bits per heavy atom. The smallest absolute Gasteiger partial charge is 0.342 e. The van der Waals surface area contributed by atoms with Crippen LogP contribution in [0.1, 0.15) is 31.6 Å². The van der Waals surface area contributed by atoms with Crippen molar-refractivity contribution in [3.05, 3.63) is 33.9 Å². The van der Waals surface area contributed by atoms with Crippen LogP contribution in [0.2, 0.25) is 0 Å². The fraction of sp³-hybridized carbons (Fsp3) is 0.417. The molecule has 0 radical (unpaired) electrons. The van der Waals surface area contributed by atoms with Gasteiger partial charge in [0.2, 0.25) is 0 Å². The van der Waals surface area contributed by atoms with Gasteiger partial charge in [0.1, 0.15) is 11.5 Å². The molecule has 1 rings (SSSR count). The highest BCUT2D eigenvalue weighted by molar-refractivity contribution is 5.60. The summed E-state index contributed by atoms with van der Waals surface area (Å²) in [5.74, 6) is 1.15. The van der Waals surface area contributed by atoms with E-state index in [0.29, 0.717) is 17.1 Å². The van der Waals surface area contributed by atoms with Crippen LogP contribution >= 0.6 is 0 Å². The van der Waals surface area contributed by atoms with Crippen LogP contribution in [0.4, 0.5) is 0 Å². The zero-order valence-corrected chi connectivity index (χ0v) is 9.59. The molecule has 0 fully saturated rings. The van der Waals surface area contributed by atoms with E-state index < -0.39 is 0 Å². The summed E-state index contributed by atoms with van der Waals surface area (Å²) in [7, 11) is 1.55. The molecule has 1 aromatic rings. The highest BCUT2D eigenvalue weighted by Gasteiger charge is 2.08. The first kappa shape index (κ1) is 11.6. The minimum atomic E-state index is -0.340. The molecule has 0 aliphatic heterocycles. The summed E-state index contributed by atoms with van der Waals surface area (Å²) in [6, 6.07) is 1.75. The van der Waals surface area contributed by atoms with Crippen molar-refractivity contribution in [3.8, 4) is 5.75 Å². The average molecular weight is 208 g/mol. The first-order chi connectivity index (χ1) is 7.10. The maximum atomic E-state index is 11.5. The Kier molecular flexibility index (Phi) is 3.72. The van der Waals surface area contributed by atoms with Crippen LogP contribution in [-0.2, 0) is 0 Å². The molecule has 3 nitrogen and oxygen atoms in total.